The Bertz CT molecular complexity index is 814. The summed E-state index contributed by atoms with van der Waals surface area (Å²) in [7, 11) is 0. The van der Waals surface area contributed by atoms with E-state index in [1.165, 1.54) is 0 Å². The molecule has 7 heteroatoms. The van der Waals surface area contributed by atoms with Gasteiger partial charge in [-0.2, -0.15) is 5.26 Å². The number of carbonyl (C=O) groups is 2. The highest BCUT2D eigenvalue weighted by Crippen LogP contribution is 2.46. The van der Waals surface area contributed by atoms with Gasteiger partial charge < -0.3 is 15.2 Å². The number of imide groups is 1. The third kappa shape index (κ3) is 4.70. The summed E-state index contributed by atoms with van der Waals surface area (Å²) in [6, 6.07) is 8.67. The summed E-state index contributed by atoms with van der Waals surface area (Å²) in [5.74, 6) is 0.643. The number of hydrogen-bond donors (Lipinski definition) is 2. The van der Waals surface area contributed by atoms with Crippen LogP contribution in [-0.4, -0.2) is 46.7 Å². The van der Waals surface area contributed by atoms with Crippen molar-refractivity contribution >= 4 is 11.9 Å². The number of urea groups is 1. The summed E-state index contributed by atoms with van der Waals surface area (Å²) >= 11 is 0. The van der Waals surface area contributed by atoms with E-state index in [0.717, 1.165) is 16.9 Å². The van der Waals surface area contributed by atoms with Crippen LogP contribution in [0.4, 0.5) is 4.79 Å². The number of benzene rings is 1. The SMILES string of the molecule is C[C@@H]1CC(C)(C)C[C@]2(C1)NC(=O)N(C[C@@H](O)COc1ccc(CC#N)cc1)C2=O. The summed E-state index contributed by atoms with van der Waals surface area (Å²) in [5, 5.41) is 22.0. The van der Waals surface area contributed by atoms with E-state index in [4.69, 9.17) is 10.00 Å². The molecule has 3 amide bonds. The third-order valence-corrected chi connectivity index (χ3v) is 5.67. The Morgan fingerprint density at radius 3 is 2.62 bits per heavy atom. The fraction of sp³-hybridized carbons (Fsp3) is 0.591. The van der Waals surface area contributed by atoms with Crippen LogP contribution >= 0.6 is 0 Å². The molecule has 0 bridgehead atoms. The lowest BCUT2D eigenvalue weighted by molar-refractivity contribution is -0.135. The van der Waals surface area contributed by atoms with E-state index in [-0.39, 0.29) is 24.5 Å². The van der Waals surface area contributed by atoms with Gasteiger partial charge in [-0.15, -0.1) is 0 Å². The lowest BCUT2D eigenvalue weighted by Crippen LogP contribution is -2.54. The molecule has 3 rings (SSSR count). The number of hydrogen-bond acceptors (Lipinski definition) is 5. The van der Waals surface area contributed by atoms with Crippen LogP contribution < -0.4 is 10.1 Å². The summed E-state index contributed by atoms with van der Waals surface area (Å²) in [6.07, 6.45) is 1.58. The van der Waals surface area contributed by atoms with Gasteiger partial charge in [-0.05, 0) is 48.3 Å². The standard InChI is InChI=1S/C22H29N3O4/c1-15-10-21(2,3)14-22(11-15)19(27)25(20(28)24-22)12-17(26)13-29-18-6-4-16(5-7-18)8-9-23/h4-7,15,17,26H,8,10-14H2,1-3H3,(H,24,28)/t15-,17-,22+/m1/s1. The van der Waals surface area contributed by atoms with Crippen LogP contribution in [-0.2, 0) is 11.2 Å². The van der Waals surface area contributed by atoms with E-state index in [0.29, 0.717) is 30.9 Å². The van der Waals surface area contributed by atoms with Crippen molar-refractivity contribution in [3.05, 3.63) is 29.8 Å². The molecule has 1 aromatic carbocycles. The summed E-state index contributed by atoms with van der Waals surface area (Å²) in [4.78, 5) is 26.7. The molecular formula is C22H29N3O4. The van der Waals surface area contributed by atoms with Gasteiger partial charge in [0.25, 0.3) is 5.91 Å². The van der Waals surface area contributed by atoms with E-state index in [1.807, 2.05) is 0 Å². The molecular weight excluding hydrogens is 370 g/mol. The first-order valence-corrected chi connectivity index (χ1v) is 10.0. The van der Waals surface area contributed by atoms with Crippen molar-refractivity contribution in [1.29, 1.82) is 5.26 Å². The Balaban J connectivity index is 1.59. The molecule has 7 nitrogen and oxygen atoms in total. The largest absolute Gasteiger partial charge is 0.491 e. The van der Waals surface area contributed by atoms with E-state index in [9.17, 15) is 14.7 Å². The first-order chi connectivity index (χ1) is 13.6. The molecule has 1 aromatic rings. The summed E-state index contributed by atoms with van der Waals surface area (Å²) in [5.41, 5.74) is -0.0134. The first kappa shape index (κ1) is 21.1. The van der Waals surface area contributed by atoms with Gasteiger partial charge in [0.1, 0.15) is 24.0 Å². The van der Waals surface area contributed by atoms with Crippen molar-refractivity contribution in [2.75, 3.05) is 13.2 Å². The molecule has 1 saturated carbocycles. The number of aliphatic hydroxyl groups is 1. The van der Waals surface area contributed by atoms with E-state index < -0.39 is 17.7 Å². The molecule has 1 aliphatic carbocycles. The minimum Gasteiger partial charge on any atom is -0.491 e. The lowest BCUT2D eigenvalue weighted by atomic mass is 9.64. The second-order valence-electron chi connectivity index (χ2n) is 9.23. The second-order valence-corrected chi connectivity index (χ2v) is 9.23. The zero-order chi connectivity index (χ0) is 21.2. The van der Waals surface area contributed by atoms with Gasteiger partial charge in [0.2, 0.25) is 0 Å². The Labute approximate surface area is 171 Å². The van der Waals surface area contributed by atoms with Crippen LogP contribution in [0.3, 0.4) is 0 Å². The Kier molecular flexibility index (Phi) is 5.85. The predicted molar refractivity (Wildman–Crippen MR) is 107 cm³/mol. The maximum absolute atomic E-state index is 13.1. The molecule has 3 atom stereocenters. The molecule has 1 heterocycles. The van der Waals surface area contributed by atoms with Crippen molar-refractivity contribution in [3.8, 4) is 11.8 Å². The van der Waals surface area contributed by atoms with Crippen molar-refractivity contribution in [2.45, 2.75) is 58.1 Å². The van der Waals surface area contributed by atoms with Crippen molar-refractivity contribution in [3.63, 3.8) is 0 Å². The normalized spacial score (nSPS) is 26.9. The number of nitrogens with zero attached hydrogens (tertiary/aromatic N) is 2. The quantitative estimate of drug-likeness (QED) is 0.716. The number of amides is 3. The minimum absolute atomic E-state index is 0.0317. The Morgan fingerprint density at radius 2 is 2.00 bits per heavy atom. The van der Waals surface area contributed by atoms with Gasteiger partial charge in [-0.1, -0.05) is 32.9 Å². The number of rotatable bonds is 6. The number of carbonyl (C=O) groups excluding carboxylic acids is 2. The minimum atomic E-state index is -0.993. The molecule has 156 valence electrons. The molecule has 0 aromatic heterocycles. The van der Waals surface area contributed by atoms with Crippen LogP contribution in [0.1, 0.15) is 45.6 Å². The first-order valence-electron chi connectivity index (χ1n) is 10.0. The fourth-order valence-corrected chi connectivity index (χ4v) is 4.92. The van der Waals surface area contributed by atoms with E-state index >= 15 is 0 Å². The molecule has 2 aliphatic rings. The molecule has 29 heavy (non-hydrogen) atoms. The maximum atomic E-state index is 13.1. The Hall–Kier alpha value is -2.59. The zero-order valence-corrected chi connectivity index (χ0v) is 17.3. The molecule has 0 radical (unpaired) electrons. The molecule has 1 spiro atoms. The van der Waals surface area contributed by atoms with Crippen LogP contribution in [0, 0.1) is 22.7 Å². The highest BCUT2D eigenvalue weighted by atomic mass is 16.5. The molecule has 0 unspecified atom stereocenters. The second kappa shape index (κ2) is 8.03. The monoisotopic (exact) mass is 399 g/mol. The Morgan fingerprint density at radius 1 is 1.31 bits per heavy atom. The maximum Gasteiger partial charge on any atom is 0.325 e. The smallest absolute Gasteiger partial charge is 0.325 e. The van der Waals surface area contributed by atoms with Crippen LogP contribution in [0.2, 0.25) is 0 Å². The van der Waals surface area contributed by atoms with Gasteiger partial charge in [0, 0.05) is 0 Å². The number of aliphatic hydroxyl groups excluding tert-OH is 1. The molecule has 2 N–H and O–H groups in total. The van der Waals surface area contributed by atoms with Gasteiger partial charge in [-0.25, -0.2) is 4.79 Å². The van der Waals surface area contributed by atoms with Gasteiger partial charge >= 0.3 is 6.03 Å². The molecule has 1 saturated heterocycles. The van der Waals surface area contributed by atoms with Gasteiger partial charge in [0.05, 0.1) is 19.0 Å². The van der Waals surface area contributed by atoms with Crippen LogP contribution in [0.5, 0.6) is 5.75 Å². The number of nitrogens with one attached hydrogen (secondary N) is 1. The summed E-state index contributed by atoms with van der Waals surface area (Å²) < 4.78 is 5.57. The van der Waals surface area contributed by atoms with Crippen molar-refractivity contribution < 1.29 is 19.4 Å². The third-order valence-electron chi connectivity index (χ3n) is 5.67. The molecule has 1 aliphatic heterocycles. The zero-order valence-electron chi connectivity index (χ0n) is 17.3. The summed E-state index contributed by atoms with van der Waals surface area (Å²) in [6.45, 7) is 6.21. The van der Waals surface area contributed by atoms with Gasteiger partial charge in [0.15, 0.2) is 0 Å². The average molecular weight is 399 g/mol. The van der Waals surface area contributed by atoms with E-state index in [1.54, 1.807) is 24.3 Å². The highest BCUT2D eigenvalue weighted by Gasteiger charge is 2.56. The number of nitriles is 1. The average Bonchev–Trinajstić information content (AvgIpc) is 2.83. The topological polar surface area (TPSA) is 103 Å². The fourth-order valence-electron chi connectivity index (χ4n) is 4.92. The van der Waals surface area contributed by atoms with Crippen LogP contribution in [0.15, 0.2) is 24.3 Å². The highest BCUT2D eigenvalue weighted by molar-refractivity contribution is 6.07. The van der Waals surface area contributed by atoms with E-state index in [2.05, 4.69) is 32.2 Å². The predicted octanol–water partition coefficient (Wildman–Crippen LogP) is 2.63. The van der Waals surface area contributed by atoms with Crippen molar-refractivity contribution in [2.24, 2.45) is 11.3 Å². The van der Waals surface area contributed by atoms with Crippen molar-refractivity contribution in [1.82, 2.24) is 10.2 Å². The van der Waals surface area contributed by atoms with Gasteiger partial charge in [-0.3, -0.25) is 9.69 Å². The van der Waals surface area contributed by atoms with Crippen LogP contribution in [0.25, 0.3) is 0 Å². The number of β-amino-alcohol motifs (C(OH)–C–C–N with tert-alkyl or cyclic N) is 1. The molecule has 2 fully saturated rings. The number of ether oxygens (including phenoxy) is 1. The lowest BCUT2D eigenvalue weighted by Gasteiger charge is -2.43.